The van der Waals surface area contributed by atoms with Gasteiger partial charge in [-0.2, -0.15) is 0 Å². The fraction of sp³-hybridized carbons (Fsp3) is 0.273. The molecule has 0 aliphatic carbocycles. The number of nitrogens with zero attached hydrogens (tertiary/aromatic N) is 1. The van der Waals surface area contributed by atoms with E-state index in [-0.39, 0.29) is 11.8 Å². The zero-order valence-corrected chi connectivity index (χ0v) is 8.20. The van der Waals surface area contributed by atoms with E-state index in [1.54, 1.807) is 6.07 Å². The van der Waals surface area contributed by atoms with Gasteiger partial charge in [0.1, 0.15) is 0 Å². The summed E-state index contributed by atoms with van der Waals surface area (Å²) in [5.74, 6) is -0.322. The van der Waals surface area contributed by atoms with Crippen LogP contribution in [0, 0.1) is 6.92 Å². The quantitative estimate of drug-likeness (QED) is 0.574. The van der Waals surface area contributed by atoms with Gasteiger partial charge in [0.05, 0.1) is 6.42 Å². The maximum atomic E-state index is 11.7. The van der Waals surface area contributed by atoms with Crippen LogP contribution in [0.5, 0.6) is 0 Å². The predicted octanol–water partition coefficient (Wildman–Crippen LogP) is 1.15. The van der Waals surface area contributed by atoms with Gasteiger partial charge in [-0.05, 0) is 24.1 Å². The van der Waals surface area contributed by atoms with Crippen molar-refractivity contribution in [3.05, 3.63) is 34.9 Å². The number of benzene rings is 1. The van der Waals surface area contributed by atoms with Gasteiger partial charge in [-0.1, -0.05) is 12.1 Å². The smallest absolute Gasteiger partial charge is 0.260 e. The van der Waals surface area contributed by atoms with Crippen molar-refractivity contribution in [1.29, 1.82) is 0 Å². The molecule has 1 aromatic rings. The summed E-state index contributed by atoms with van der Waals surface area (Å²) < 4.78 is 0. The highest BCUT2D eigenvalue weighted by Crippen LogP contribution is 2.21. The van der Waals surface area contributed by atoms with E-state index in [2.05, 4.69) is 0 Å². The van der Waals surface area contributed by atoms with Crippen LogP contribution in [-0.4, -0.2) is 23.8 Å². The summed E-state index contributed by atoms with van der Waals surface area (Å²) >= 11 is 0. The van der Waals surface area contributed by atoms with Gasteiger partial charge in [0.15, 0.2) is 0 Å². The summed E-state index contributed by atoms with van der Waals surface area (Å²) in [4.78, 5) is 24.3. The second-order valence-corrected chi connectivity index (χ2v) is 3.54. The van der Waals surface area contributed by atoms with E-state index in [4.69, 9.17) is 0 Å². The number of likely N-dealkylation sites (N-methyl/N-ethyl adjacent to an activating group) is 1. The third-order valence-corrected chi connectivity index (χ3v) is 2.65. The molecule has 0 bridgehead atoms. The molecule has 0 spiro atoms. The first kappa shape index (κ1) is 8.94. The van der Waals surface area contributed by atoms with Crippen LogP contribution >= 0.6 is 0 Å². The molecule has 2 amide bonds. The molecule has 2 rings (SSSR count). The van der Waals surface area contributed by atoms with E-state index in [0.717, 1.165) is 11.1 Å². The van der Waals surface area contributed by atoms with Gasteiger partial charge >= 0.3 is 0 Å². The van der Waals surface area contributed by atoms with E-state index in [9.17, 15) is 9.59 Å². The lowest BCUT2D eigenvalue weighted by Crippen LogP contribution is -2.39. The first-order valence-electron chi connectivity index (χ1n) is 4.50. The van der Waals surface area contributed by atoms with E-state index < -0.39 is 0 Å². The minimum absolute atomic E-state index is 0.128. The van der Waals surface area contributed by atoms with Crippen LogP contribution in [-0.2, 0) is 11.2 Å². The van der Waals surface area contributed by atoms with Crippen molar-refractivity contribution in [3.63, 3.8) is 0 Å². The molecule has 3 heteroatoms. The van der Waals surface area contributed by atoms with Crippen molar-refractivity contribution in [2.45, 2.75) is 13.3 Å². The molecule has 1 aliphatic rings. The van der Waals surface area contributed by atoms with Gasteiger partial charge in [-0.25, -0.2) is 0 Å². The van der Waals surface area contributed by atoms with Crippen molar-refractivity contribution in [1.82, 2.24) is 4.90 Å². The van der Waals surface area contributed by atoms with Gasteiger partial charge in [-0.3, -0.25) is 14.5 Å². The summed E-state index contributed by atoms with van der Waals surface area (Å²) in [6.45, 7) is 1.92. The molecule has 0 saturated carbocycles. The lowest BCUT2D eigenvalue weighted by Gasteiger charge is -2.24. The number of carbonyl (C=O) groups is 2. The monoisotopic (exact) mass is 189 g/mol. The standard InChI is InChI=1S/C11H11NO2/c1-7-4-3-5-8-9(7)6-10(13)12(2)11(8)14/h3-5H,6H2,1-2H3. The van der Waals surface area contributed by atoms with Gasteiger partial charge in [-0.15, -0.1) is 0 Å². The highest BCUT2D eigenvalue weighted by Gasteiger charge is 2.28. The molecule has 0 aromatic heterocycles. The largest absolute Gasteiger partial charge is 0.281 e. The van der Waals surface area contributed by atoms with Gasteiger partial charge in [0.25, 0.3) is 5.91 Å². The number of hydrogen-bond donors (Lipinski definition) is 0. The van der Waals surface area contributed by atoms with Crippen LogP contribution < -0.4 is 0 Å². The second-order valence-electron chi connectivity index (χ2n) is 3.54. The average molecular weight is 189 g/mol. The van der Waals surface area contributed by atoms with Crippen LogP contribution in [0.1, 0.15) is 21.5 Å². The molecule has 1 aromatic carbocycles. The molecule has 0 saturated heterocycles. The Morgan fingerprint density at radius 2 is 2.00 bits per heavy atom. The summed E-state index contributed by atoms with van der Waals surface area (Å²) in [6.07, 6.45) is 0.338. The molecule has 0 fully saturated rings. The van der Waals surface area contributed by atoms with E-state index in [0.29, 0.717) is 12.0 Å². The maximum absolute atomic E-state index is 11.7. The Bertz CT molecular complexity index is 423. The second kappa shape index (κ2) is 2.94. The Balaban J connectivity index is 2.62. The zero-order valence-electron chi connectivity index (χ0n) is 8.20. The van der Waals surface area contributed by atoms with Gasteiger partial charge in [0, 0.05) is 12.6 Å². The molecule has 1 aliphatic heterocycles. The third-order valence-electron chi connectivity index (χ3n) is 2.65. The normalized spacial score (nSPS) is 15.7. The maximum Gasteiger partial charge on any atom is 0.260 e. The molecule has 1 heterocycles. The molecule has 14 heavy (non-hydrogen) atoms. The van der Waals surface area contributed by atoms with Crippen molar-refractivity contribution < 1.29 is 9.59 Å². The Labute approximate surface area is 82.3 Å². The SMILES string of the molecule is Cc1cccc2c1CC(=O)N(C)C2=O. The average Bonchev–Trinajstić information content (AvgIpc) is 2.17. The minimum Gasteiger partial charge on any atom is -0.281 e. The highest BCUT2D eigenvalue weighted by molar-refractivity contribution is 6.09. The van der Waals surface area contributed by atoms with Crippen LogP contribution in [0.3, 0.4) is 0 Å². The molecule has 3 nitrogen and oxygen atoms in total. The van der Waals surface area contributed by atoms with Crippen LogP contribution in [0.4, 0.5) is 0 Å². The van der Waals surface area contributed by atoms with E-state index >= 15 is 0 Å². The number of carbonyl (C=O) groups excluding carboxylic acids is 2. The van der Waals surface area contributed by atoms with Crippen molar-refractivity contribution >= 4 is 11.8 Å². The summed E-state index contributed by atoms with van der Waals surface area (Å²) in [5.41, 5.74) is 2.55. The summed E-state index contributed by atoms with van der Waals surface area (Å²) in [6, 6.07) is 5.54. The van der Waals surface area contributed by atoms with Gasteiger partial charge < -0.3 is 0 Å². The predicted molar refractivity (Wildman–Crippen MR) is 52.0 cm³/mol. The number of imide groups is 1. The topological polar surface area (TPSA) is 37.4 Å². The molecule has 0 atom stereocenters. The molecule has 0 N–H and O–H groups in total. The first-order chi connectivity index (χ1) is 6.61. The summed E-state index contributed by atoms with van der Waals surface area (Å²) in [5, 5.41) is 0. The number of rotatable bonds is 0. The third kappa shape index (κ3) is 1.13. The first-order valence-corrected chi connectivity index (χ1v) is 4.50. The molecule has 0 radical (unpaired) electrons. The molecule has 0 unspecified atom stereocenters. The highest BCUT2D eigenvalue weighted by atomic mass is 16.2. The van der Waals surface area contributed by atoms with Gasteiger partial charge in [0.2, 0.25) is 5.91 Å². The van der Waals surface area contributed by atoms with Crippen molar-refractivity contribution in [2.75, 3.05) is 7.05 Å². The lowest BCUT2D eigenvalue weighted by atomic mass is 9.94. The van der Waals surface area contributed by atoms with Crippen LogP contribution in [0.25, 0.3) is 0 Å². The number of amides is 2. The lowest BCUT2D eigenvalue weighted by molar-refractivity contribution is -0.127. The number of aryl methyl sites for hydroxylation is 1. The fourth-order valence-corrected chi connectivity index (χ4v) is 1.70. The van der Waals surface area contributed by atoms with Crippen LogP contribution in [0.2, 0.25) is 0 Å². The number of hydrogen-bond acceptors (Lipinski definition) is 2. The Kier molecular flexibility index (Phi) is 1.88. The molecule has 72 valence electrons. The molecular weight excluding hydrogens is 178 g/mol. The minimum atomic E-state index is -0.194. The van der Waals surface area contributed by atoms with Crippen molar-refractivity contribution in [3.8, 4) is 0 Å². The van der Waals surface area contributed by atoms with E-state index in [1.807, 2.05) is 19.1 Å². The number of fused-ring (bicyclic) bond motifs is 1. The zero-order chi connectivity index (χ0) is 10.3. The van der Waals surface area contributed by atoms with Crippen LogP contribution in [0.15, 0.2) is 18.2 Å². The Hall–Kier alpha value is -1.64. The van der Waals surface area contributed by atoms with E-state index in [1.165, 1.54) is 11.9 Å². The summed E-state index contributed by atoms with van der Waals surface area (Å²) in [7, 11) is 1.52. The Morgan fingerprint density at radius 1 is 1.29 bits per heavy atom. The molecular formula is C11H11NO2. The van der Waals surface area contributed by atoms with Crippen molar-refractivity contribution in [2.24, 2.45) is 0 Å². The fourth-order valence-electron chi connectivity index (χ4n) is 1.70. The Morgan fingerprint density at radius 3 is 2.71 bits per heavy atom.